The van der Waals surface area contributed by atoms with Crippen molar-refractivity contribution in [3.8, 4) is 0 Å². The van der Waals surface area contributed by atoms with E-state index in [0.717, 1.165) is 12.1 Å². The summed E-state index contributed by atoms with van der Waals surface area (Å²) in [5.41, 5.74) is 0.265. The van der Waals surface area contributed by atoms with E-state index in [9.17, 15) is 18.5 Å². The topological polar surface area (TPSA) is 110 Å². The van der Waals surface area contributed by atoms with Gasteiger partial charge in [-0.1, -0.05) is 0 Å². The second-order valence-corrected chi connectivity index (χ2v) is 8.10. The molecule has 9 nitrogen and oxygen atoms in total. The van der Waals surface area contributed by atoms with Crippen molar-refractivity contribution in [2.45, 2.75) is 11.8 Å². The molecule has 2 heterocycles. The molecule has 0 aliphatic carbocycles. The highest BCUT2D eigenvalue weighted by Gasteiger charge is 2.25. The van der Waals surface area contributed by atoms with E-state index in [2.05, 4.69) is 14.9 Å². The number of rotatable bonds is 4. The Balaban J connectivity index is 1.80. The van der Waals surface area contributed by atoms with Crippen molar-refractivity contribution in [2.24, 2.45) is 0 Å². The maximum absolute atomic E-state index is 11.9. The third kappa shape index (κ3) is 3.74. The van der Waals surface area contributed by atoms with Crippen molar-refractivity contribution in [3.05, 3.63) is 46.4 Å². The molecule has 10 heteroatoms. The smallest absolute Gasteiger partial charge is 0.288 e. The first-order valence-corrected chi connectivity index (χ1v) is 9.93. The minimum absolute atomic E-state index is 0.256. The molecule has 1 aliphatic heterocycles. The number of aryl methyl sites for hydroxylation is 1. The highest BCUT2D eigenvalue weighted by Crippen LogP contribution is 2.29. The summed E-state index contributed by atoms with van der Waals surface area (Å²) in [4.78, 5) is 22.8. The van der Waals surface area contributed by atoms with Gasteiger partial charge in [0.05, 0.1) is 4.92 Å². The Bertz CT molecular complexity index is 939. The Morgan fingerprint density at radius 3 is 2.35 bits per heavy atom. The lowest BCUT2D eigenvalue weighted by Crippen LogP contribution is -2.47. The molecule has 0 saturated carbocycles. The zero-order chi connectivity index (χ0) is 18.9. The number of anilines is 2. The summed E-state index contributed by atoms with van der Waals surface area (Å²) >= 11 is 0. The van der Waals surface area contributed by atoms with E-state index in [1.807, 2.05) is 17.9 Å². The van der Waals surface area contributed by atoms with Crippen LogP contribution in [-0.2, 0) is 9.84 Å². The van der Waals surface area contributed by atoms with Gasteiger partial charge in [-0.25, -0.2) is 18.4 Å². The second kappa shape index (κ2) is 6.87. The predicted octanol–water partition coefficient (Wildman–Crippen LogP) is 1.42. The van der Waals surface area contributed by atoms with Crippen LogP contribution in [0.5, 0.6) is 0 Å². The van der Waals surface area contributed by atoms with E-state index in [-0.39, 0.29) is 4.90 Å². The fourth-order valence-corrected chi connectivity index (χ4v) is 3.82. The summed E-state index contributed by atoms with van der Waals surface area (Å²) in [7, 11) is -3.69. The molecule has 0 unspecified atom stereocenters. The maximum atomic E-state index is 11.9. The van der Waals surface area contributed by atoms with Crippen molar-refractivity contribution < 1.29 is 13.3 Å². The number of sulfone groups is 1. The lowest BCUT2D eigenvalue weighted by atomic mass is 10.2. The number of nitrogens with zero attached hydrogens (tertiary/aromatic N) is 5. The maximum Gasteiger partial charge on any atom is 0.288 e. The normalized spacial score (nSPS) is 15.2. The molecule has 1 aliphatic rings. The van der Waals surface area contributed by atoms with Crippen LogP contribution in [-0.4, -0.2) is 55.7 Å². The van der Waals surface area contributed by atoms with Gasteiger partial charge in [-0.3, -0.25) is 10.1 Å². The average molecular weight is 377 g/mol. The quantitative estimate of drug-likeness (QED) is 0.581. The van der Waals surface area contributed by atoms with Crippen LogP contribution in [0.2, 0.25) is 0 Å². The molecular weight excluding hydrogens is 358 g/mol. The molecule has 138 valence electrons. The van der Waals surface area contributed by atoms with Crippen LogP contribution < -0.4 is 9.80 Å². The molecule has 0 amide bonds. The summed E-state index contributed by atoms with van der Waals surface area (Å²) in [6.07, 6.45) is 2.70. The van der Waals surface area contributed by atoms with E-state index < -0.39 is 20.4 Å². The minimum atomic E-state index is -3.69. The lowest BCUT2D eigenvalue weighted by Gasteiger charge is -2.36. The van der Waals surface area contributed by atoms with Gasteiger partial charge in [-0.15, -0.1) is 0 Å². The van der Waals surface area contributed by atoms with Gasteiger partial charge < -0.3 is 9.80 Å². The summed E-state index contributed by atoms with van der Waals surface area (Å²) in [5.74, 6) is 1.57. The van der Waals surface area contributed by atoms with Crippen LogP contribution in [0.1, 0.15) is 5.82 Å². The number of nitro benzene ring substituents is 1. The molecule has 0 spiro atoms. The van der Waals surface area contributed by atoms with Gasteiger partial charge in [0.1, 0.15) is 16.5 Å². The molecule has 3 rings (SSSR count). The summed E-state index contributed by atoms with van der Waals surface area (Å²) in [6, 6.07) is 6.09. The molecule has 2 aromatic rings. The number of nitro groups is 1. The number of hydrogen-bond donors (Lipinski definition) is 0. The zero-order valence-electron chi connectivity index (χ0n) is 14.5. The second-order valence-electron chi connectivity index (χ2n) is 6.12. The van der Waals surface area contributed by atoms with Crippen molar-refractivity contribution >= 4 is 27.0 Å². The molecule has 0 atom stereocenters. The van der Waals surface area contributed by atoms with Crippen LogP contribution >= 0.6 is 0 Å². The number of piperazine rings is 1. The highest BCUT2D eigenvalue weighted by atomic mass is 32.2. The van der Waals surface area contributed by atoms with Gasteiger partial charge in [0.2, 0.25) is 0 Å². The van der Waals surface area contributed by atoms with E-state index in [1.165, 1.54) is 12.1 Å². The number of benzene rings is 1. The highest BCUT2D eigenvalue weighted by molar-refractivity contribution is 7.90. The molecule has 1 fully saturated rings. The van der Waals surface area contributed by atoms with Gasteiger partial charge >= 0.3 is 0 Å². The van der Waals surface area contributed by atoms with Crippen molar-refractivity contribution in [1.82, 2.24) is 9.97 Å². The monoisotopic (exact) mass is 377 g/mol. The molecular formula is C16H19N5O4S. The lowest BCUT2D eigenvalue weighted by molar-refractivity contribution is -0.387. The molecule has 0 radical (unpaired) electrons. The van der Waals surface area contributed by atoms with E-state index >= 15 is 0 Å². The van der Waals surface area contributed by atoms with Crippen molar-refractivity contribution in [3.63, 3.8) is 0 Å². The first-order chi connectivity index (χ1) is 12.3. The van der Waals surface area contributed by atoms with Gasteiger partial charge in [0, 0.05) is 50.4 Å². The van der Waals surface area contributed by atoms with Crippen molar-refractivity contribution in [2.75, 3.05) is 42.2 Å². The molecule has 1 aromatic heterocycles. The predicted molar refractivity (Wildman–Crippen MR) is 97.4 cm³/mol. The Morgan fingerprint density at radius 1 is 1.12 bits per heavy atom. The molecule has 26 heavy (non-hydrogen) atoms. The fourth-order valence-electron chi connectivity index (χ4n) is 2.96. The van der Waals surface area contributed by atoms with Crippen molar-refractivity contribution in [1.29, 1.82) is 0 Å². The number of aromatic nitrogens is 2. The average Bonchev–Trinajstić information content (AvgIpc) is 2.60. The summed E-state index contributed by atoms with van der Waals surface area (Å²) in [6.45, 7) is 4.57. The Kier molecular flexibility index (Phi) is 4.77. The third-order valence-electron chi connectivity index (χ3n) is 4.27. The molecule has 0 N–H and O–H groups in total. The first-order valence-electron chi connectivity index (χ1n) is 8.04. The molecule has 0 bridgehead atoms. The Morgan fingerprint density at radius 2 is 1.77 bits per heavy atom. The van der Waals surface area contributed by atoms with Gasteiger partial charge in [0.15, 0.2) is 9.84 Å². The summed E-state index contributed by atoms with van der Waals surface area (Å²) < 4.78 is 23.8. The van der Waals surface area contributed by atoms with E-state index in [0.29, 0.717) is 37.7 Å². The minimum Gasteiger partial charge on any atom is -0.368 e. The summed E-state index contributed by atoms with van der Waals surface area (Å²) in [5, 5.41) is 11.1. The Labute approximate surface area is 151 Å². The third-order valence-corrected chi connectivity index (χ3v) is 5.40. The van der Waals surface area contributed by atoms with Gasteiger partial charge in [0.25, 0.3) is 5.69 Å². The van der Waals surface area contributed by atoms with Crippen LogP contribution in [0, 0.1) is 17.0 Å². The van der Waals surface area contributed by atoms with Crippen LogP contribution in [0.4, 0.5) is 17.2 Å². The first kappa shape index (κ1) is 18.1. The largest absolute Gasteiger partial charge is 0.368 e. The number of hydrogen-bond acceptors (Lipinski definition) is 8. The SMILES string of the molecule is Cc1nccc(N2CCN(c3ccc([N+](=O)[O-])c(S(C)(=O)=O)c3)CC2)n1. The van der Waals surface area contributed by atoms with Crippen LogP contribution in [0.3, 0.4) is 0 Å². The van der Waals surface area contributed by atoms with Gasteiger partial charge in [-0.05, 0) is 25.1 Å². The zero-order valence-corrected chi connectivity index (χ0v) is 15.3. The fraction of sp³-hybridized carbons (Fsp3) is 0.375. The van der Waals surface area contributed by atoms with E-state index in [4.69, 9.17) is 0 Å². The van der Waals surface area contributed by atoms with Crippen LogP contribution in [0.15, 0.2) is 35.4 Å². The van der Waals surface area contributed by atoms with Gasteiger partial charge in [-0.2, -0.15) is 0 Å². The molecule has 1 saturated heterocycles. The molecule has 1 aromatic carbocycles. The van der Waals surface area contributed by atoms with E-state index in [1.54, 1.807) is 12.3 Å². The standard InChI is InChI=1S/C16H19N5O4S/c1-12-17-6-5-16(18-12)20-9-7-19(8-10-20)13-3-4-14(21(22)23)15(11-13)26(2,24)25/h3-6,11H,7-10H2,1-2H3. The Hall–Kier alpha value is -2.75. The van der Waals surface area contributed by atoms with Crippen LogP contribution in [0.25, 0.3) is 0 Å².